The topological polar surface area (TPSA) is 34.1 Å². The van der Waals surface area contributed by atoms with E-state index in [-0.39, 0.29) is 18.0 Å². The van der Waals surface area contributed by atoms with E-state index < -0.39 is 0 Å². The number of allylic oxidation sites excluding steroid dienone is 2. The molecular weight excluding hydrogens is 128 g/mol. The first-order chi connectivity index (χ1) is 4.74. The molecule has 10 heavy (non-hydrogen) atoms. The van der Waals surface area contributed by atoms with Crippen molar-refractivity contribution in [2.75, 3.05) is 0 Å². The van der Waals surface area contributed by atoms with Crippen LogP contribution >= 0.6 is 0 Å². The zero-order chi connectivity index (χ0) is 7.56. The fraction of sp³-hybridized carbons (Fsp3) is 0.500. The number of hydrogen-bond donors (Lipinski definition) is 0. The Hall–Kier alpha value is -0.920. The monoisotopic (exact) mass is 138 g/mol. The first kappa shape index (κ1) is 7.19. The number of carbonyl (C=O) groups excluding carboxylic acids is 2. The van der Waals surface area contributed by atoms with E-state index in [0.29, 0.717) is 5.57 Å². The minimum absolute atomic E-state index is 0.0202. The Morgan fingerprint density at radius 2 is 2.20 bits per heavy atom. The lowest BCUT2D eigenvalue weighted by Crippen LogP contribution is -1.96. The van der Waals surface area contributed by atoms with Gasteiger partial charge in [0.05, 0.1) is 6.42 Å². The van der Waals surface area contributed by atoms with Crippen LogP contribution in [0.4, 0.5) is 0 Å². The number of hydrogen-bond acceptors (Lipinski definition) is 2. The van der Waals surface area contributed by atoms with E-state index in [4.69, 9.17) is 0 Å². The van der Waals surface area contributed by atoms with Crippen LogP contribution in [-0.2, 0) is 9.59 Å². The molecule has 0 fully saturated rings. The van der Waals surface area contributed by atoms with E-state index in [1.807, 2.05) is 6.92 Å². The molecule has 1 aliphatic rings. The number of ketones is 2. The summed E-state index contributed by atoms with van der Waals surface area (Å²) in [7, 11) is 0. The summed E-state index contributed by atoms with van der Waals surface area (Å²) in [6.07, 6.45) is 3.27. The van der Waals surface area contributed by atoms with Crippen LogP contribution in [0.3, 0.4) is 0 Å². The summed E-state index contributed by atoms with van der Waals surface area (Å²) in [5.41, 5.74) is 0.715. The molecule has 0 spiro atoms. The Morgan fingerprint density at radius 1 is 1.50 bits per heavy atom. The number of carbonyl (C=O) groups is 2. The highest BCUT2D eigenvalue weighted by atomic mass is 16.2. The van der Waals surface area contributed by atoms with Gasteiger partial charge < -0.3 is 0 Å². The number of Topliss-reactive ketones (excluding diaryl/α,β-unsaturated/α-hetero) is 1. The second kappa shape index (κ2) is 2.78. The van der Waals surface area contributed by atoms with Gasteiger partial charge in [-0.1, -0.05) is 13.3 Å². The molecule has 2 heteroatoms. The third-order valence-electron chi connectivity index (χ3n) is 1.55. The molecule has 0 amide bonds. The maximum atomic E-state index is 10.9. The van der Waals surface area contributed by atoms with Gasteiger partial charge in [-0.15, -0.1) is 0 Å². The summed E-state index contributed by atoms with van der Waals surface area (Å²) in [5.74, 6) is -0.0136. The summed E-state index contributed by atoms with van der Waals surface area (Å²) in [6, 6.07) is 0. The van der Waals surface area contributed by atoms with Gasteiger partial charge in [-0.2, -0.15) is 0 Å². The smallest absolute Gasteiger partial charge is 0.166 e. The lowest BCUT2D eigenvalue weighted by Gasteiger charge is -1.92. The van der Waals surface area contributed by atoms with E-state index in [0.717, 1.165) is 12.8 Å². The van der Waals surface area contributed by atoms with Crippen molar-refractivity contribution in [3.8, 4) is 0 Å². The maximum absolute atomic E-state index is 10.9. The zero-order valence-corrected chi connectivity index (χ0v) is 6.02. The molecule has 0 aromatic heterocycles. The van der Waals surface area contributed by atoms with Crippen LogP contribution < -0.4 is 0 Å². The molecule has 0 aliphatic heterocycles. The third kappa shape index (κ3) is 1.32. The fourth-order valence-electron chi connectivity index (χ4n) is 1.08. The van der Waals surface area contributed by atoms with Crippen molar-refractivity contribution in [3.63, 3.8) is 0 Å². The second-order valence-corrected chi connectivity index (χ2v) is 2.49. The second-order valence-electron chi connectivity index (χ2n) is 2.49. The molecule has 1 aliphatic carbocycles. The van der Waals surface area contributed by atoms with E-state index in [1.165, 1.54) is 6.08 Å². The summed E-state index contributed by atoms with van der Waals surface area (Å²) in [4.78, 5) is 21.5. The molecular formula is C8H10O2. The molecule has 0 atom stereocenters. The minimum Gasteiger partial charge on any atom is -0.294 e. The van der Waals surface area contributed by atoms with E-state index in [1.54, 1.807) is 0 Å². The molecule has 2 nitrogen and oxygen atoms in total. The van der Waals surface area contributed by atoms with Crippen molar-refractivity contribution in [2.24, 2.45) is 0 Å². The van der Waals surface area contributed by atoms with Gasteiger partial charge in [0.2, 0.25) is 0 Å². The quantitative estimate of drug-likeness (QED) is 0.538. The van der Waals surface area contributed by atoms with Crippen molar-refractivity contribution in [1.82, 2.24) is 0 Å². The Kier molecular flexibility index (Phi) is 2.00. The molecule has 0 heterocycles. The minimum atomic E-state index is -0.0338. The van der Waals surface area contributed by atoms with Gasteiger partial charge in [0.1, 0.15) is 0 Å². The highest BCUT2D eigenvalue weighted by Gasteiger charge is 2.19. The average molecular weight is 138 g/mol. The molecule has 0 aromatic carbocycles. The van der Waals surface area contributed by atoms with E-state index in [9.17, 15) is 9.59 Å². The molecule has 0 bridgehead atoms. The molecule has 0 aromatic rings. The summed E-state index contributed by atoms with van der Waals surface area (Å²) in [6.45, 7) is 2.00. The fourth-order valence-corrected chi connectivity index (χ4v) is 1.08. The highest BCUT2D eigenvalue weighted by molar-refractivity contribution is 6.19. The molecule has 0 saturated heterocycles. The van der Waals surface area contributed by atoms with Crippen molar-refractivity contribution in [3.05, 3.63) is 11.6 Å². The first-order valence-electron chi connectivity index (χ1n) is 3.50. The third-order valence-corrected chi connectivity index (χ3v) is 1.55. The van der Waals surface area contributed by atoms with Crippen molar-refractivity contribution in [2.45, 2.75) is 26.2 Å². The summed E-state index contributed by atoms with van der Waals surface area (Å²) in [5, 5.41) is 0. The van der Waals surface area contributed by atoms with E-state index >= 15 is 0 Å². The Balaban J connectivity index is 2.65. The molecule has 1 rings (SSSR count). The van der Waals surface area contributed by atoms with Crippen LogP contribution in [-0.4, -0.2) is 11.6 Å². The van der Waals surface area contributed by atoms with Crippen molar-refractivity contribution < 1.29 is 9.59 Å². The summed E-state index contributed by atoms with van der Waals surface area (Å²) < 4.78 is 0. The van der Waals surface area contributed by atoms with Crippen molar-refractivity contribution >= 4 is 11.6 Å². The Labute approximate surface area is 59.9 Å². The van der Waals surface area contributed by atoms with Crippen LogP contribution in [0, 0.1) is 0 Å². The first-order valence-corrected chi connectivity index (χ1v) is 3.50. The van der Waals surface area contributed by atoms with Gasteiger partial charge in [-0.3, -0.25) is 9.59 Å². The normalized spacial score (nSPS) is 17.9. The average Bonchev–Trinajstić information content (AvgIpc) is 2.13. The van der Waals surface area contributed by atoms with Gasteiger partial charge in [-0.05, 0) is 18.1 Å². The molecule has 0 saturated carbocycles. The van der Waals surface area contributed by atoms with Crippen LogP contribution in [0.25, 0.3) is 0 Å². The van der Waals surface area contributed by atoms with Crippen LogP contribution in [0.15, 0.2) is 11.6 Å². The predicted molar refractivity (Wildman–Crippen MR) is 37.6 cm³/mol. The molecule has 0 radical (unpaired) electrons. The number of rotatable bonds is 2. The Bertz CT molecular complexity index is 201. The van der Waals surface area contributed by atoms with Gasteiger partial charge in [0.15, 0.2) is 11.6 Å². The highest BCUT2D eigenvalue weighted by Crippen LogP contribution is 2.15. The van der Waals surface area contributed by atoms with Gasteiger partial charge in [0.25, 0.3) is 0 Å². The maximum Gasteiger partial charge on any atom is 0.166 e. The lowest BCUT2D eigenvalue weighted by molar-refractivity contribution is -0.120. The Morgan fingerprint density at radius 3 is 2.60 bits per heavy atom. The van der Waals surface area contributed by atoms with E-state index in [2.05, 4.69) is 0 Å². The molecule has 0 N–H and O–H groups in total. The van der Waals surface area contributed by atoms with Crippen LogP contribution in [0.1, 0.15) is 26.2 Å². The SMILES string of the molecule is CCCC1=CC(=O)CC1=O. The zero-order valence-electron chi connectivity index (χ0n) is 6.02. The molecule has 54 valence electrons. The van der Waals surface area contributed by atoms with Crippen LogP contribution in [0.2, 0.25) is 0 Å². The predicted octanol–water partition coefficient (Wildman–Crippen LogP) is 1.25. The van der Waals surface area contributed by atoms with Crippen molar-refractivity contribution in [1.29, 1.82) is 0 Å². The van der Waals surface area contributed by atoms with Gasteiger partial charge in [0, 0.05) is 0 Å². The standard InChI is InChI=1S/C8H10O2/c1-2-3-6-4-7(9)5-8(6)10/h4H,2-3,5H2,1H3. The largest absolute Gasteiger partial charge is 0.294 e. The van der Waals surface area contributed by atoms with Crippen LogP contribution in [0.5, 0.6) is 0 Å². The van der Waals surface area contributed by atoms with Gasteiger partial charge in [-0.25, -0.2) is 0 Å². The molecule has 0 unspecified atom stereocenters. The summed E-state index contributed by atoms with van der Waals surface area (Å²) >= 11 is 0. The lowest BCUT2D eigenvalue weighted by atomic mass is 10.1. The van der Waals surface area contributed by atoms with Gasteiger partial charge >= 0.3 is 0 Å².